The molecule has 6 aromatic rings. The largest absolute Gasteiger partial charge is 0.461 e. The summed E-state index contributed by atoms with van der Waals surface area (Å²) in [7, 11) is 0. The van der Waals surface area contributed by atoms with E-state index in [-0.39, 0.29) is 17.8 Å². The molecule has 0 aliphatic carbocycles. The van der Waals surface area contributed by atoms with Crippen LogP contribution in [-0.4, -0.2) is 90.2 Å². The first-order chi connectivity index (χ1) is 23.4. The molecule has 2 N–H and O–H groups in total. The zero-order valence-electron chi connectivity index (χ0n) is 26.7. The highest BCUT2D eigenvalue weighted by Gasteiger charge is 2.43. The number of carbonyl (C=O) groups excluding carboxylic acids is 2. The van der Waals surface area contributed by atoms with Gasteiger partial charge >= 0.3 is 0 Å². The molecular weight excluding hydrogens is 608 g/mol. The summed E-state index contributed by atoms with van der Waals surface area (Å²) in [5.74, 6) is 0.942. The molecule has 2 aliphatic heterocycles. The standard InChI is InChI=1S/C35H36N10O3/c1-35(24-11-4-2-5-12-24,45-31-26(23-37-45)30-38-29(28-15-10-22-48-28)40-44(30)34(36)39-31)33(47)43-20-18-41(19-21-43)27-14-7-6-13-25(27)32(46)42-16-8-3-9-17-42/h2,4-7,10-15,22-23H,3,8-9,16-21H2,1H3,(H2,36,39). The maximum absolute atomic E-state index is 14.8. The van der Waals surface area contributed by atoms with Crippen LogP contribution >= 0.6 is 0 Å². The number of hydrogen-bond acceptors (Lipinski definition) is 9. The third-order valence-corrected chi connectivity index (χ3v) is 9.63. The Kier molecular flexibility index (Phi) is 7.30. The van der Waals surface area contributed by atoms with Gasteiger partial charge in [0.1, 0.15) is 0 Å². The quantitative estimate of drug-likeness (QED) is 0.284. The Labute approximate surface area is 276 Å². The van der Waals surface area contributed by atoms with Crippen molar-refractivity contribution in [2.45, 2.75) is 31.7 Å². The first kappa shape index (κ1) is 29.7. The first-order valence-corrected chi connectivity index (χ1v) is 16.4. The fourth-order valence-corrected chi connectivity index (χ4v) is 7.00. The molecule has 1 atom stereocenters. The van der Waals surface area contributed by atoms with Gasteiger partial charge in [0.15, 0.2) is 22.6 Å². The fraction of sp³-hybridized carbons (Fsp3) is 0.314. The number of likely N-dealkylation sites (tertiary alicyclic amines) is 1. The summed E-state index contributed by atoms with van der Waals surface area (Å²) in [6, 6.07) is 21.0. The number of nitrogen functional groups attached to an aromatic ring is 1. The lowest BCUT2D eigenvalue weighted by molar-refractivity contribution is -0.138. The van der Waals surface area contributed by atoms with E-state index in [0.29, 0.717) is 54.4 Å². The number of rotatable bonds is 6. The molecule has 2 aliphatic rings. The molecule has 0 radical (unpaired) electrons. The van der Waals surface area contributed by atoms with Crippen LogP contribution in [-0.2, 0) is 10.3 Å². The van der Waals surface area contributed by atoms with Gasteiger partial charge in [0.25, 0.3) is 11.8 Å². The minimum absolute atomic E-state index is 0.0795. The number of piperidine rings is 1. The van der Waals surface area contributed by atoms with Gasteiger partial charge in [0.2, 0.25) is 11.8 Å². The molecule has 2 fully saturated rings. The number of carbonyl (C=O) groups is 2. The molecule has 48 heavy (non-hydrogen) atoms. The second-order valence-electron chi connectivity index (χ2n) is 12.5. The monoisotopic (exact) mass is 644 g/mol. The third-order valence-electron chi connectivity index (χ3n) is 9.63. The van der Waals surface area contributed by atoms with Crippen molar-refractivity contribution in [1.29, 1.82) is 0 Å². The number of furan rings is 1. The molecule has 2 amide bonds. The molecule has 4 aromatic heterocycles. The molecular formula is C35H36N10O3. The van der Waals surface area contributed by atoms with Gasteiger partial charge < -0.3 is 24.9 Å². The van der Waals surface area contributed by atoms with Gasteiger partial charge in [-0.2, -0.15) is 14.6 Å². The first-order valence-electron chi connectivity index (χ1n) is 16.4. The normalized spacial score (nSPS) is 16.8. The number of hydrogen-bond donors (Lipinski definition) is 1. The average molecular weight is 645 g/mol. The maximum Gasteiger partial charge on any atom is 0.255 e. The molecule has 13 heteroatoms. The number of fused-ring (bicyclic) bond motifs is 3. The summed E-state index contributed by atoms with van der Waals surface area (Å²) < 4.78 is 8.61. The van der Waals surface area contributed by atoms with Crippen molar-refractivity contribution in [3.63, 3.8) is 0 Å². The zero-order valence-corrected chi connectivity index (χ0v) is 26.7. The molecule has 13 nitrogen and oxygen atoms in total. The minimum Gasteiger partial charge on any atom is -0.461 e. The van der Waals surface area contributed by atoms with Crippen molar-refractivity contribution < 1.29 is 14.0 Å². The highest BCUT2D eigenvalue weighted by Crippen LogP contribution is 2.34. The summed E-state index contributed by atoms with van der Waals surface area (Å²) >= 11 is 0. The molecule has 8 rings (SSSR count). The number of benzene rings is 2. The Hall–Kier alpha value is -5.72. The lowest BCUT2D eigenvalue weighted by Gasteiger charge is -2.41. The Balaban J connectivity index is 1.12. The van der Waals surface area contributed by atoms with Crippen molar-refractivity contribution in [2.75, 3.05) is 49.9 Å². The Bertz CT molecular complexity index is 2110. The smallest absolute Gasteiger partial charge is 0.255 e. The molecule has 6 heterocycles. The van der Waals surface area contributed by atoms with Crippen LogP contribution in [0.1, 0.15) is 42.1 Å². The fourth-order valence-electron chi connectivity index (χ4n) is 7.00. The van der Waals surface area contributed by atoms with Crippen LogP contribution < -0.4 is 10.6 Å². The molecule has 0 bridgehead atoms. The van der Waals surface area contributed by atoms with E-state index < -0.39 is 5.54 Å². The summed E-state index contributed by atoms with van der Waals surface area (Å²) in [5.41, 5.74) is 8.44. The maximum atomic E-state index is 14.8. The average Bonchev–Trinajstić information content (AvgIpc) is 3.92. The van der Waals surface area contributed by atoms with Gasteiger partial charge in [-0.05, 0) is 56.0 Å². The topological polar surface area (TPSA) is 144 Å². The highest BCUT2D eigenvalue weighted by atomic mass is 16.3. The number of piperazine rings is 1. The number of anilines is 2. The lowest BCUT2D eigenvalue weighted by Crippen LogP contribution is -2.56. The second kappa shape index (κ2) is 11.8. The summed E-state index contributed by atoms with van der Waals surface area (Å²) in [6.45, 7) is 5.58. The SMILES string of the molecule is CC(C(=O)N1CCN(c2ccccc2C(=O)N2CCCCC2)CC1)(c1ccccc1)n1ncc2c1nc(N)n1nc(-c3ccco3)nc21. The molecule has 0 saturated carbocycles. The van der Waals surface area contributed by atoms with E-state index in [1.165, 1.54) is 10.9 Å². The van der Waals surface area contributed by atoms with E-state index in [9.17, 15) is 9.59 Å². The van der Waals surface area contributed by atoms with E-state index in [1.807, 2.05) is 71.3 Å². The van der Waals surface area contributed by atoms with Gasteiger partial charge in [-0.1, -0.05) is 42.5 Å². The summed E-state index contributed by atoms with van der Waals surface area (Å²) in [4.78, 5) is 43.7. The van der Waals surface area contributed by atoms with Gasteiger partial charge in [0.05, 0.1) is 23.4 Å². The number of amides is 2. The summed E-state index contributed by atoms with van der Waals surface area (Å²) in [5, 5.41) is 9.86. The lowest BCUT2D eigenvalue weighted by atomic mass is 9.90. The number of nitrogens with two attached hydrogens (primary N) is 1. The zero-order chi connectivity index (χ0) is 32.8. The molecule has 2 saturated heterocycles. The van der Waals surface area contributed by atoms with E-state index in [4.69, 9.17) is 20.2 Å². The number of nitrogens with zero attached hydrogens (tertiary/aromatic N) is 9. The van der Waals surface area contributed by atoms with Crippen LogP contribution in [0.25, 0.3) is 28.3 Å². The third kappa shape index (κ3) is 4.84. The van der Waals surface area contributed by atoms with Crippen molar-refractivity contribution >= 4 is 40.1 Å². The molecule has 2 aromatic carbocycles. The van der Waals surface area contributed by atoms with E-state index in [1.54, 1.807) is 29.3 Å². The van der Waals surface area contributed by atoms with Crippen molar-refractivity contribution in [1.82, 2.24) is 39.2 Å². The van der Waals surface area contributed by atoms with Crippen LogP contribution in [0.5, 0.6) is 0 Å². The number of para-hydroxylation sites is 1. The van der Waals surface area contributed by atoms with Gasteiger partial charge in [-0.25, -0.2) is 9.67 Å². The number of aromatic nitrogens is 6. The molecule has 1 unspecified atom stereocenters. The van der Waals surface area contributed by atoms with Crippen molar-refractivity contribution in [3.8, 4) is 11.6 Å². The van der Waals surface area contributed by atoms with Gasteiger partial charge in [-0.15, -0.1) is 5.10 Å². The van der Waals surface area contributed by atoms with E-state index in [2.05, 4.69) is 15.0 Å². The Morgan fingerprint density at radius 1 is 0.812 bits per heavy atom. The van der Waals surface area contributed by atoms with Crippen LogP contribution in [0.15, 0.2) is 83.6 Å². The Morgan fingerprint density at radius 3 is 2.31 bits per heavy atom. The molecule has 244 valence electrons. The molecule has 0 spiro atoms. The second-order valence-corrected chi connectivity index (χ2v) is 12.5. The van der Waals surface area contributed by atoms with E-state index in [0.717, 1.165) is 42.7 Å². The predicted octanol–water partition coefficient (Wildman–Crippen LogP) is 4.05. The van der Waals surface area contributed by atoms with Gasteiger partial charge in [-0.3, -0.25) is 9.59 Å². The minimum atomic E-state index is -1.25. The van der Waals surface area contributed by atoms with Crippen LogP contribution in [0, 0.1) is 0 Å². The van der Waals surface area contributed by atoms with Gasteiger partial charge in [0, 0.05) is 45.0 Å². The van der Waals surface area contributed by atoms with Crippen LogP contribution in [0.3, 0.4) is 0 Å². The van der Waals surface area contributed by atoms with Crippen LogP contribution in [0.2, 0.25) is 0 Å². The Morgan fingerprint density at radius 2 is 1.56 bits per heavy atom. The summed E-state index contributed by atoms with van der Waals surface area (Å²) in [6.07, 6.45) is 6.46. The van der Waals surface area contributed by atoms with Crippen molar-refractivity contribution in [3.05, 3.63) is 90.3 Å². The highest BCUT2D eigenvalue weighted by molar-refractivity contribution is 6.00. The van der Waals surface area contributed by atoms with Crippen LogP contribution in [0.4, 0.5) is 11.6 Å². The predicted molar refractivity (Wildman–Crippen MR) is 180 cm³/mol. The van der Waals surface area contributed by atoms with Crippen molar-refractivity contribution in [2.24, 2.45) is 0 Å². The van der Waals surface area contributed by atoms with E-state index >= 15 is 0 Å².